The molecule has 18 heavy (non-hydrogen) atoms. The van der Waals surface area contributed by atoms with E-state index in [1.54, 1.807) is 0 Å². The molecule has 0 atom stereocenters. The van der Waals surface area contributed by atoms with Crippen molar-refractivity contribution in [3.63, 3.8) is 0 Å². The molecule has 2 rings (SSSR count). The zero-order chi connectivity index (χ0) is 13.3. The van der Waals surface area contributed by atoms with Gasteiger partial charge >= 0.3 is 0 Å². The van der Waals surface area contributed by atoms with Crippen molar-refractivity contribution in [3.8, 4) is 0 Å². The van der Waals surface area contributed by atoms with Gasteiger partial charge in [0.15, 0.2) is 5.78 Å². The van der Waals surface area contributed by atoms with E-state index in [4.69, 9.17) is 0 Å². The van der Waals surface area contributed by atoms with Crippen molar-refractivity contribution in [1.82, 2.24) is 0 Å². The number of rotatable bonds is 2. The van der Waals surface area contributed by atoms with Crippen LogP contribution in [0.25, 0.3) is 0 Å². The first kappa shape index (κ1) is 12.6. The smallest absolute Gasteiger partial charge is 0.193 e. The summed E-state index contributed by atoms with van der Waals surface area (Å²) < 4.78 is 0. The number of carbonyl (C=O) groups is 1. The van der Waals surface area contributed by atoms with Crippen LogP contribution in [0.1, 0.15) is 38.2 Å². The molecule has 0 fully saturated rings. The summed E-state index contributed by atoms with van der Waals surface area (Å²) in [5, 5.41) is 0. The molecule has 2 aromatic carbocycles. The second-order valence-electron chi connectivity index (χ2n) is 4.89. The molecule has 0 aliphatic rings. The third-order valence-electron chi connectivity index (χ3n) is 3.48. The minimum absolute atomic E-state index is 0.119. The van der Waals surface area contributed by atoms with Gasteiger partial charge in [-0.3, -0.25) is 4.79 Å². The van der Waals surface area contributed by atoms with Crippen LogP contribution >= 0.6 is 0 Å². The third kappa shape index (κ3) is 2.21. The number of hydrogen-bond donors (Lipinski definition) is 0. The number of hydrogen-bond acceptors (Lipinski definition) is 1. The van der Waals surface area contributed by atoms with Crippen LogP contribution in [0.15, 0.2) is 36.4 Å². The molecule has 1 heteroatoms. The average molecular weight is 238 g/mol. The normalized spacial score (nSPS) is 10.4. The summed E-state index contributed by atoms with van der Waals surface area (Å²) >= 11 is 0. The Morgan fingerprint density at radius 1 is 0.833 bits per heavy atom. The Hall–Kier alpha value is -1.89. The van der Waals surface area contributed by atoms with Gasteiger partial charge in [0.2, 0.25) is 0 Å². The van der Waals surface area contributed by atoms with Crippen LogP contribution in [0, 0.1) is 27.7 Å². The van der Waals surface area contributed by atoms with E-state index in [1.807, 2.05) is 58.0 Å². The molecule has 0 heterocycles. The Labute approximate surface area is 108 Å². The van der Waals surface area contributed by atoms with Gasteiger partial charge in [0.1, 0.15) is 0 Å². The molecule has 1 nitrogen and oxygen atoms in total. The third-order valence-corrected chi connectivity index (χ3v) is 3.48. The first-order chi connectivity index (χ1) is 8.50. The summed E-state index contributed by atoms with van der Waals surface area (Å²) in [5.41, 5.74) is 6.07. The van der Waals surface area contributed by atoms with Crippen molar-refractivity contribution in [3.05, 3.63) is 69.8 Å². The fraction of sp³-hybridized carbons (Fsp3) is 0.235. The highest BCUT2D eigenvalue weighted by atomic mass is 16.1. The Bertz CT molecular complexity index is 609. The average Bonchev–Trinajstić information content (AvgIpc) is 2.32. The van der Waals surface area contributed by atoms with Crippen molar-refractivity contribution in [2.45, 2.75) is 27.7 Å². The lowest BCUT2D eigenvalue weighted by molar-refractivity contribution is 0.103. The van der Waals surface area contributed by atoms with Crippen molar-refractivity contribution in [1.29, 1.82) is 0 Å². The quantitative estimate of drug-likeness (QED) is 0.718. The highest BCUT2D eigenvalue weighted by Gasteiger charge is 2.14. The van der Waals surface area contributed by atoms with Crippen molar-refractivity contribution >= 4 is 5.78 Å². The number of aryl methyl sites for hydroxylation is 3. The van der Waals surface area contributed by atoms with Crippen LogP contribution in [-0.4, -0.2) is 5.78 Å². The summed E-state index contributed by atoms with van der Waals surface area (Å²) in [6, 6.07) is 11.9. The summed E-state index contributed by atoms with van der Waals surface area (Å²) in [7, 11) is 0. The van der Waals surface area contributed by atoms with E-state index in [1.165, 1.54) is 5.56 Å². The SMILES string of the molecule is Cc1ccc(C(=O)c2cccc(C)c2C)c(C)c1. The number of ketones is 1. The highest BCUT2D eigenvalue weighted by Crippen LogP contribution is 2.20. The monoisotopic (exact) mass is 238 g/mol. The minimum Gasteiger partial charge on any atom is -0.289 e. The molecule has 2 aromatic rings. The fourth-order valence-electron chi connectivity index (χ4n) is 2.21. The summed E-state index contributed by atoms with van der Waals surface area (Å²) in [5.74, 6) is 0.119. The maximum atomic E-state index is 12.6. The van der Waals surface area contributed by atoms with E-state index in [0.29, 0.717) is 0 Å². The van der Waals surface area contributed by atoms with Crippen LogP contribution in [0.3, 0.4) is 0 Å². The van der Waals surface area contributed by atoms with E-state index in [-0.39, 0.29) is 5.78 Å². The maximum Gasteiger partial charge on any atom is 0.193 e. The number of benzene rings is 2. The van der Waals surface area contributed by atoms with Crippen LogP contribution in [-0.2, 0) is 0 Å². The van der Waals surface area contributed by atoms with Crippen LogP contribution in [0.5, 0.6) is 0 Å². The standard InChI is InChI=1S/C17H18O/c1-11-8-9-15(13(3)10-11)17(18)16-7-5-6-12(2)14(16)4/h5-10H,1-4H3. The predicted octanol–water partition coefficient (Wildman–Crippen LogP) is 4.15. The largest absolute Gasteiger partial charge is 0.289 e. The molecule has 0 radical (unpaired) electrons. The van der Waals surface area contributed by atoms with Crippen molar-refractivity contribution in [2.75, 3.05) is 0 Å². The molecule has 0 spiro atoms. The topological polar surface area (TPSA) is 17.1 Å². The fourth-order valence-corrected chi connectivity index (χ4v) is 2.21. The second kappa shape index (κ2) is 4.77. The molecule has 92 valence electrons. The molecule has 0 bridgehead atoms. The summed E-state index contributed by atoms with van der Waals surface area (Å²) in [4.78, 5) is 12.6. The van der Waals surface area contributed by atoms with Gasteiger partial charge < -0.3 is 0 Å². The van der Waals surface area contributed by atoms with Crippen molar-refractivity contribution in [2.24, 2.45) is 0 Å². The van der Waals surface area contributed by atoms with E-state index >= 15 is 0 Å². The lowest BCUT2D eigenvalue weighted by Crippen LogP contribution is -2.06. The van der Waals surface area contributed by atoms with Gasteiger partial charge in [-0.1, -0.05) is 42.0 Å². The van der Waals surface area contributed by atoms with Crippen molar-refractivity contribution < 1.29 is 4.79 Å². The Balaban J connectivity index is 2.51. The molecule has 0 saturated heterocycles. The van der Waals surface area contributed by atoms with Gasteiger partial charge in [-0.15, -0.1) is 0 Å². The molecule has 0 aliphatic heterocycles. The molecule has 0 N–H and O–H groups in total. The predicted molar refractivity (Wildman–Crippen MR) is 75.3 cm³/mol. The molecule has 0 amide bonds. The van der Waals surface area contributed by atoms with Gasteiger partial charge in [0.05, 0.1) is 0 Å². The first-order valence-corrected chi connectivity index (χ1v) is 6.19. The van der Waals surface area contributed by atoms with E-state index < -0.39 is 0 Å². The zero-order valence-electron chi connectivity index (χ0n) is 11.4. The van der Waals surface area contributed by atoms with Crippen LogP contribution < -0.4 is 0 Å². The zero-order valence-corrected chi connectivity index (χ0v) is 11.4. The van der Waals surface area contributed by atoms with Crippen LogP contribution in [0.4, 0.5) is 0 Å². The van der Waals surface area contributed by atoms with Crippen LogP contribution in [0.2, 0.25) is 0 Å². The van der Waals surface area contributed by atoms with E-state index in [0.717, 1.165) is 27.8 Å². The number of carbonyl (C=O) groups excluding carboxylic acids is 1. The van der Waals surface area contributed by atoms with Gasteiger partial charge in [-0.25, -0.2) is 0 Å². The lowest BCUT2D eigenvalue weighted by atomic mass is 9.93. The highest BCUT2D eigenvalue weighted by molar-refractivity contribution is 6.10. The molecule has 0 saturated carbocycles. The molecular formula is C17H18O. The Morgan fingerprint density at radius 2 is 1.56 bits per heavy atom. The van der Waals surface area contributed by atoms with Gasteiger partial charge in [0.25, 0.3) is 0 Å². The van der Waals surface area contributed by atoms with E-state index in [9.17, 15) is 4.79 Å². The molecule has 0 aromatic heterocycles. The second-order valence-corrected chi connectivity index (χ2v) is 4.89. The Kier molecular flexibility index (Phi) is 3.33. The van der Waals surface area contributed by atoms with Gasteiger partial charge in [-0.05, 0) is 44.4 Å². The van der Waals surface area contributed by atoms with Gasteiger partial charge in [-0.2, -0.15) is 0 Å². The molecule has 0 unspecified atom stereocenters. The van der Waals surface area contributed by atoms with E-state index in [2.05, 4.69) is 6.07 Å². The lowest BCUT2D eigenvalue weighted by Gasteiger charge is -2.10. The summed E-state index contributed by atoms with van der Waals surface area (Å²) in [6.07, 6.45) is 0. The molecular weight excluding hydrogens is 220 g/mol. The molecule has 0 aliphatic carbocycles. The Morgan fingerprint density at radius 3 is 2.22 bits per heavy atom. The first-order valence-electron chi connectivity index (χ1n) is 6.19. The van der Waals surface area contributed by atoms with Gasteiger partial charge in [0, 0.05) is 11.1 Å². The maximum absolute atomic E-state index is 12.6. The summed E-state index contributed by atoms with van der Waals surface area (Å²) in [6.45, 7) is 8.07. The minimum atomic E-state index is 0.119.